The van der Waals surface area contributed by atoms with Crippen molar-refractivity contribution in [1.29, 1.82) is 0 Å². The highest BCUT2D eigenvalue weighted by atomic mass is 35.5. The molecule has 0 radical (unpaired) electrons. The Balaban J connectivity index is 1.94. The third kappa shape index (κ3) is 2.81. The molecule has 1 aliphatic rings. The lowest BCUT2D eigenvalue weighted by Gasteiger charge is -2.41. The van der Waals surface area contributed by atoms with E-state index in [0.717, 1.165) is 29.4 Å². The molecule has 3 heteroatoms. The van der Waals surface area contributed by atoms with Crippen LogP contribution in [0.2, 0.25) is 5.02 Å². The molecule has 1 N–H and O–H groups in total. The van der Waals surface area contributed by atoms with Gasteiger partial charge in [0.2, 0.25) is 0 Å². The Hall–Kier alpha value is -0.730. The summed E-state index contributed by atoms with van der Waals surface area (Å²) in [5.74, 6) is 0.870. The molecule has 0 heterocycles. The van der Waals surface area contributed by atoms with E-state index in [0.29, 0.717) is 5.41 Å². The van der Waals surface area contributed by atoms with Crippen LogP contribution in [0, 0.1) is 5.41 Å². The summed E-state index contributed by atoms with van der Waals surface area (Å²) in [7, 11) is 1.69. The van der Waals surface area contributed by atoms with E-state index in [2.05, 4.69) is 12.2 Å². The van der Waals surface area contributed by atoms with Crippen LogP contribution in [0.1, 0.15) is 38.2 Å². The Morgan fingerprint density at radius 3 is 2.72 bits per heavy atom. The zero-order valence-electron chi connectivity index (χ0n) is 11.3. The second kappa shape index (κ2) is 5.94. The van der Waals surface area contributed by atoms with Crippen LogP contribution in [0.15, 0.2) is 18.2 Å². The third-order valence-electron chi connectivity index (χ3n) is 4.26. The van der Waals surface area contributed by atoms with Crippen LogP contribution >= 0.6 is 11.6 Å². The zero-order valence-corrected chi connectivity index (χ0v) is 12.0. The van der Waals surface area contributed by atoms with Gasteiger partial charge in [-0.15, -0.1) is 0 Å². The number of rotatable bonds is 6. The van der Waals surface area contributed by atoms with Crippen LogP contribution in [-0.2, 0) is 6.54 Å². The SMILES string of the molecule is CCC1(CNCc2c(Cl)cccc2OC)CCC1. The van der Waals surface area contributed by atoms with Gasteiger partial charge in [-0.1, -0.05) is 31.0 Å². The third-order valence-corrected chi connectivity index (χ3v) is 4.62. The number of nitrogens with one attached hydrogen (secondary N) is 1. The second-order valence-electron chi connectivity index (χ2n) is 5.23. The minimum atomic E-state index is 0.536. The molecule has 0 atom stereocenters. The molecule has 1 aliphatic carbocycles. The van der Waals surface area contributed by atoms with Gasteiger partial charge in [-0.25, -0.2) is 0 Å². The molecular weight excluding hydrogens is 246 g/mol. The van der Waals surface area contributed by atoms with Gasteiger partial charge in [-0.05, 0) is 36.8 Å². The van der Waals surface area contributed by atoms with Gasteiger partial charge >= 0.3 is 0 Å². The molecule has 0 spiro atoms. The summed E-state index contributed by atoms with van der Waals surface area (Å²) in [6.07, 6.45) is 5.36. The van der Waals surface area contributed by atoms with Crippen molar-refractivity contribution in [2.24, 2.45) is 5.41 Å². The molecule has 1 aromatic carbocycles. The molecule has 0 amide bonds. The van der Waals surface area contributed by atoms with Crippen LogP contribution in [0.3, 0.4) is 0 Å². The van der Waals surface area contributed by atoms with Crippen molar-refractivity contribution in [3.63, 3.8) is 0 Å². The van der Waals surface area contributed by atoms with E-state index in [4.69, 9.17) is 16.3 Å². The quantitative estimate of drug-likeness (QED) is 0.841. The van der Waals surface area contributed by atoms with Gasteiger partial charge in [0.15, 0.2) is 0 Å². The summed E-state index contributed by atoms with van der Waals surface area (Å²) in [5, 5.41) is 4.33. The van der Waals surface area contributed by atoms with Crippen molar-refractivity contribution in [2.45, 2.75) is 39.2 Å². The van der Waals surface area contributed by atoms with Crippen molar-refractivity contribution in [3.05, 3.63) is 28.8 Å². The van der Waals surface area contributed by atoms with Gasteiger partial charge in [0, 0.05) is 23.7 Å². The predicted octanol–water partition coefficient (Wildman–Crippen LogP) is 4.02. The first-order chi connectivity index (χ1) is 8.71. The van der Waals surface area contributed by atoms with Gasteiger partial charge in [0.25, 0.3) is 0 Å². The molecule has 2 nitrogen and oxygen atoms in total. The molecule has 18 heavy (non-hydrogen) atoms. The Morgan fingerprint density at radius 2 is 2.17 bits per heavy atom. The fourth-order valence-electron chi connectivity index (χ4n) is 2.69. The first-order valence-corrected chi connectivity index (χ1v) is 7.11. The number of ether oxygens (including phenoxy) is 1. The van der Waals surface area contributed by atoms with Crippen molar-refractivity contribution >= 4 is 11.6 Å². The average Bonchev–Trinajstić information content (AvgIpc) is 2.34. The van der Waals surface area contributed by atoms with Crippen LogP contribution < -0.4 is 10.1 Å². The highest BCUT2D eigenvalue weighted by Crippen LogP contribution is 2.43. The van der Waals surface area contributed by atoms with Crippen LogP contribution in [-0.4, -0.2) is 13.7 Å². The molecule has 0 aliphatic heterocycles. The van der Waals surface area contributed by atoms with E-state index in [-0.39, 0.29) is 0 Å². The van der Waals surface area contributed by atoms with Gasteiger partial charge < -0.3 is 10.1 Å². The molecule has 1 aromatic rings. The van der Waals surface area contributed by atoms with E-state index in [9.17, 15) is 0 Å². The Kier molecular flexibility index (Phi) is 4.52. The first kappa shape index (κ1) is 13.7. The zero-order chi connectivity index (χ0) is 13.0. The van der Waals surface area contributed by atoms with Crippen LogP contribution in [0.25, 0.3) is 0 Å². The van der Waals surface area contributed by atoms with E-state index in [1.165, 1.54) is 25.7 Å². The Morgan fingerprint density at radius 1 is 1.39 bits per heavy atom. The van der Waals surface area contributed by atoms with Gasteiger partial charge in [0.1, 0.15) is 5.75 Å². The molecule has 0 unspecified atom stereocenters. The van der Waals surface area contributed by atoms with Gasteiger partial charge in [0.05, 0.1) is 7.11 Å². The largest absolute Gasteiger partial charge is 0.496 e. The summed E-state index contributed by atoms with van der Waals surface area (Å²) in [4.78, 5) is 0. The summed E-state index contributed by atoms with van der Waals surface area (Å²) in [5.41, 5.74) is 1.60. The topological polar surface area (TPSA) is 21.3 Å². The summed E-state index contributed by atoms with van der Waals surface area (Å²) in [6, 6.07) is 5.80. The number of methoxy groups -OCH3 is 1. The summed E-state index contributed by atoms with van der Waals surface area (Å²) < 4.78 is 5.35. The van der Waals surface area contributed by atoms with Crippen molar-refractivity contribution < 1.29 is 4.74 Å². The molecule has 0 bridgehead atoms. The maximum absolute atomic E-state index is 6.22. The lowest BCUT2D eigenvalue weighted by atomic mass is 9.67. The molecule has 0 saturated heterocycles. The highest BCUT2D eigenvalue weighted by molar-refractivity contribution is 6.31. The van der Waals surface area contributed by atoms with Crippen LogP contribution in [0.5, 0.6) is 5.75 Å². The standard InChI is InChI=1S/C15H22ClNO/c1-3-15(8-5-9-15)11-17-10-12-13(16)6-4-7-14(12)18-2/h4,6-7,17H,3,5,8-11H2,1-2H3. The summed E-state index contributed by atoms with van der Waals surface area (Å²) >= 11 is 6.22. The second-order valence-corrected chi connectivity index (χ2v) is 5.64. The Labute approximate surface area is 115 Å². The van der Waals surface area contributed by atoms with Gasteiger partial charge in [-0.2, -0.15) is 0 Å². The van der Waals surface area contributed by atoms with E-state index < -0.39 is 0 Å². The predicted molar refractivity (Wildman–Crippen MR) is 76.3 cm³/mol. The minimum absolute atomic E-state index is 0.536. The molecule has 1 saturated carbocycles. The van der Waals surface area contributed by atoms with Crippen LogP contribution in [0.4, 0.5) is 0 Å². The molecule has 100 valence electrons. The average molecular weight is 268 g/mol. The first-order valence-electron chi connectivity index (χ1n) is 6.73. The maximum atomic E-state index is 6.22. The normalized spacial score (nSPS) is 17.3. The van der Waals surface area contributed by atoms with Crippen molar-refractivity contribution in [2.75, 3.05) is 13.7 Å². The maximum Gasteiger partial charge on any atom is 0.124 e. The molecule has 0 aromatic heterocycles. The van der Waals surface area contributed by atoms with Crippen molar-refractivity contribution in [3.8, 4) is 5.75 Å². The van der Waals surface area contributed by atoms with E-state index >= 15 is 0 Å². The number of halogens is 1. The number of hydrogen-bond acceptors (Lipinski definition) is 2. The Bertz CT molecular complexity index is 396. The lowest BCUT2D eigenvalue weighted by molar-refractivity contribution is 0.123. The van der Waals surface area contributed by atoms with Gasteiger partial charge in [-0.3, -0.25) is 0 Å². The highest BCUT2D eigenvalue weighted by Gasteiger charge is 2.34. The lowest BCUT2D eigenvalue weighted by Crippen LogP contribution is -2.39. The molecule has 1 fully saturated rings. The smallest absolute Gasteiger partial charge is 0.124 e. The summed E-state index contributed by atoms with van der Waals surface area (Å²) in [6.45, 7) is 4.15. The van der Waals surface area contributed by atoms with E-state index in [1.807, 2.05) is 18.2 Å². The monoisotopic (exact) mass is 267 g/mol. The number of hydrogen-bond donors (Lipinski definition) is 1. The number of benzene rings is 1. The minimum Gasteiger partial charge on any atom is -0.496 e. The molecular formula is C15H22ClNO. The fraction of sp³-hybridized carbons (Fsp3) is 0.600. The molecule has 2 rings (SSSR count). The van der Waals surface area contributed by atoms with Crippen molar-refractivity contribution in [1.82, 2.24) is 5.32 Å². The van der Waals surface area contributed by atoms with E-state index in [1.54, 1.807) is 7.11 Å². The fourth-order valence-corrected chi connectivity index (χ4v) is 2.92.